The fraction of sp³-hybridized carbons (Fsp3) is 0.357. The molecule has 2 rings (SSSR count). The molecule has 0 atom stereocenters. The fourth-order valence-electron chi connectivity index (χ4n) is 1.73. The number of methoxy groups -OCH3 is 1. The van der Waals surface area contributed by atoms with Crippen molar-refractivity contribution in [2.24, 2.45) is 0 Å². The van der Waals surface area contributed by atoms with E-state index < -0.39 is 0 Å². The Balaban J connectivity index is 2.05. The van der Waals surface area contributed by atoms with E-state index in [1.54, 1.807) is 13.3 Å². The smallest absolute Gasteiger partial charge is 0.171 e. The first kappa shape index (κ1) is 12.8. The van der Waals surface area contributed by atoms with Gasteiger partial charge in [0.2, 0.25) is 0 Å². The molecule has 0 spiro atoms. The van der Waals surface area contributed by atoms with Crippen LogP contribution in [0.25, 0.3) is 11.3 Å². The van der Waals surface area contributed by atoms with Crippen molar-refractivity contribution in [3.8, 4) is 11.3 Å². The number of ether oxygens (including phenoxy) is 1. The van der Waals surface area contributed by atoms with Gasteiger partial charge in [0.1, 0.15) is 0 Å². The van der Waals surface area contributed by atoms with Gasteiger partial charge in [0.15, 0.2) is 5.76 Å². The number of nitrogens with zero attached hydrogens (tertiary/aromatic N) is 1. The fourth-order valence-corrected chi connectivity index (χ4v) is 1.73. The van der Waals surface area contributed by atoms with E-state index in [-0.39, 0.29) is 0 Å². The summed E-state index contributed by atoms with van der Waals surface area (Å²) in [6.45, 7) is 4.31. The van der Waals surface area contributed by atoms with Crippen LogP contribution in [0.1, 0.15) is 11.1 Å². The summed E-state index contributed by atoms with van der Waals surface area (Å²) in [4.78, 5) is 0. The number of aryl methyl sites for hydroxylation is 1. The van der Waals surface area contributed by atoms with Gasteiger partial charge in [-0.3, -0.25) is 0 Å². The number of nitrogens with one attached hydrogen (secondary N) is 1. The molecule has 0 saturated carbocycles. The number of hydrogen-bond donors (Lipinski definition) is 1. The molecule has 1 aromatic carbocycles. The molecule has 18 heavy (non-hydrogen) atoms. The zero-order chi connectivity index (χ0) is 12.8. The van der Waals surface area contributed by atoms with Crippen LogP contribution in [0.15, 0.2) is 35.0 Å². The Morgan fingerprint density at radius 1 is 1.28 bits per heavy atom. The summed E-state index contributed by atoms with van der Waals surface area (Å²) in [7, 11) is 1.69. The monoisotopic (exact) mass is 246 g/mol. The van der Waals surface area contributed by atoms with Crippen molar-refractivity contribution in [3.05, 3.63) is 41.6 Å². The van der Waals surface area contributed by atoms with E-state index in [0.29, 0.717) is 6.61 Å². The minimum atomic E-state index is 0.700. The Labute approximate surface area is 107 Å². The van der Waals surface area contributed by atoms with Crippen LogP contribution in [-0.2, 0) is 11.3 Å². The van der Waals surface area contributed by atoms with Crippen molar-refractivity contribution in [1.29, 1.82) is 0 Å². The lowest BCUT2D eigenvalue weighted by Crippen LogP contribution is -2.18. The van der Waals surface area contributed by atoms with Crippen LogP contribution in [0.2, 0.25) is 0 Å². The van der Waals surface area contributed by atoms with Gasteiger partial charge in [0.25, 0.3) is 0 Å². The number of hydrogen-bond acceptors (Lipinski definition) is 4. The molecule has 96 valence electrons. The third-order valence-corrected chi connectivity index (χ3v) is 2.76. The summed E-state index contributed by atoms with van der Waals surface area (Å²) in [5, 5.41) is 7.16. The summed E-state index contributed by atoms with van der Waals surface area (Å²) in [5.41, 5.74) is 3.36. The van der Waals surface area contributed by atoms with E-state index in [2.05, 4.69) is 41.7 Å². The number of rotatable bonds is 6. The van der Waals surface area contributed by atoms with Crippen LogP contribution in [0.4, 0.5) is 0 Å². The van der Waals surface area contributed by atoms with E-state index in [0.717, 1.165) is 30.0 Å². The molecule has 0 fully saturated rings. The second-order valence-electron chi connectivity index (χ2n) is 4.22. The van der Waals surface area contributed by atoms with E-state index in [1.165, 1.54) is 5.56 Å². The van der Waals surface area contributed by atoms with Gasteiger partial charge in [-0.1, -0.05) is 35.0 Å². The molecule has 0 aliphatic rings. The molecule has 0 aliphatic heterocycles. The maximum absolute atomic E-state index is 5.33. The van der Waals surface area contributed by atoms with Crippen LogP contribution >= 0.6 is 0 Å². The molecule has 1 aromatic heterocycles. The molecule has 4 heteroatoms. The minimum Gasteiger partial charge on any atom is -0.383 e. The number of benzene rings is 1. The third-order valence-electron chi connectivity index (χ3n) is 2.76. The van der Waals surface area contributed by atoms with Crippen molar-refractivity contribution in [2.75, 3.05) is 20.3 Å². The average Bonchev–Trinajstić information content (AvgIpc) is 2.84. The zero-order valence-corrected chi connectivity index (χ0v) is 10.8. The van der Waals surface area contributed by atoms with Crippen molar-refractivity contribution in [1.82, 2.24) is 10.5 Å². The maximum Gasteiger partial charge on any atom is 0.171 e. The molecule has 0 radical (unpaired) electrons. The van der Waals surface area contributed by atoms with Gasteiger partial charge < -0.3 is 14.6 Å². The highest BCUT2D eigenvalue weighted by Crippen LogP contribution is 2.23. The van der Waals surface area contributed by atoms with Gasteiger partial charge in [-0.25, -0.2) is 0 Å². The second kappa shape index (κ2) is 6.33. The van der Waals surface area contributed by atoms with E-state index >= 15 is 0 Å². The van der Waals surface area contributed by atoms with Gasteiger partial charge in [0.05, 0.1) is 12.8 Å². The summed E-state index contributed by atoms with van der Waals surface area (Å²) in [6, 6.07) is 8.24. The van der Waals surface area contributed by atoms with Crippen LogP contribution in [0, 0.1) is 6.92 Å². The predicted molar refractivity (Wildman–Crippen MR) is 70.3 cm³/mol. The Morgan fingerprint density at radius 3 is 2.78 bits per heavy atom. The van der Waals surface area contributed by atoms with Crippen molar-refractivity contribution >= 4 is 0 Å². The van der Waals surface area contributed by atoms with Gasteiger partial charge in [-0.15, -0.1) is 0 Å². The van der Waals surface area contributed by atoms with Crippen LogP contribution in [0.5, 0.6) is 0 Å². The SMILES string of the molecule is COCCNCc1cnoc1-c1ccc(C)cc1. The zero-order valence-electron chi connectivity index (χ0n) is 10.8. The Kier molecular flexibility index (Phi) is 4.50. The Hall–Kier alpha value is -1.65. The summed E-state index contributed by atoms with van der Waals surface area (Å²) >= 11 is 0. The van der Waals surface area contributed by atoms with E-state index in [9.17, 15) is 0 Å². The predicted octanol–water partition coefficient (Wildman–Crippen LogP) is 2.39. The first-order chi connectivity index (χ1) is 8.81. The third kappa shape index (κ3) is 3.18. The molecule has 0 amide bonds. The van der Waals surface area contributed by atoms with Crippen LogP contribution in [0.3, 0.4) is 0 Å². The van der Waals surface area contributed by atoms with Gasteiger partial charge in [-0.05, 0) is 6.92 Å². The Morgan fingerprint density at radius 2 is 2.06 bits per heavy atom. The summed E-state index contributed by atoms with van der Waals surface area (Å²) in [6.07, 6.45) is 1.76. The second-order valence-corrected chi connectivity index (χ2v) is 4.22. The molecular weight excluding hydrogens is 228 g/mol. The standard InChI is InChI=1S/C14H18N2O2/c1-11-3-5-12(6-4-11)14-13(10-16-18-14)9-15-7-8-17-2/h3-6,10,15H,7-9H2,1-2H3. The maximum atomic E-state index is 5.33. The molecule has 1 N–H and O–H groups in total. The topological polar surface area (TPSA) is 47.3 Å². The largest absolute Gasteiger partial charge is 0.383 e. The van der Waals surface area contributed by atoms with E-state index in [4.69, 9.17) is 9.26 Å². The van der Waals surface area contributed by atoms with Gasteiger partial charge in [-0.2, -0.15) is 0 Å². The molecule has 0 bridgehead atoms. The number of aromatic nitrogens is 1. The van der Waals surface area contributed by atoms with E-state index in [1.807, 2.05) is 0 Å². The van der Waals surface area contributed by atoms with Gasteiger partial charge in [0, 0.05) is 31.3 Å². The molecule has 4 nitrogen and oxygen atoms in total. The molecule has 0 saturated heterocycles. The van der Waals surface area contributed by atoms with Crippen molar-refractivity contribution < 1.29 is 9.26 Å². The highest BCUT2D eigenvalue weighted by atomic mass is 16.5. The van der Waals surface area contributed by atoms with Crippen LogP contribution < -0.4 is 5.32 Å². The van der Waals surface area contributed by atoms with Gasteiger partial charge >= 0.3 is 0 Å². The minimum absolute atomic E-state index is 0.700. The van der Waals surface area contributed by atoms with Crippen molar-refractivity contribution in [2.45, 2.75) is 13.5 Å². The highest BCUT2D eigenvalue weighted by molar-refractivity contribution is 5.60. The van der Waals surface area contributed by atoms with Crippen molar-refractivity contribution in [3.63, 3.8) is 0 Å². The first-order valence-electron chi connectivity index (χ1n) is 6.01. The summed E-state index contributed by atoms with van der Waals surface area (Å²) < 4.78 is 10.3. The lowest BCUT2D eigenvalue weighted by atomic mass is 10.1. The molecular formula is C14H18N2O2. The van der Waals surface area contributed by atoms with Crippen LogP contribution in [-0.4, -0.2) is 25.4 Å². The molecule has 0 aliphatic carbocycles. The molecule has 2 aromatic rings. The quantitative estimate of drug-likeness (QED) is 0.795. The average molecular weight is 246 g/mol. The highest BCUT2D eigenvalue weighted by Gasteiger charge is 2.09. The normalized spacial score (nSPS) is 10.8. The lowest BCUT2D eigenvalue weighted by Gasteiger charge is -2.04. The lowest BCUT2D eigenvalue weighted by molar-refractivity contribution is 0.199. The molecule has 0 unspecified atom stereocenters. The summed E-state index contributed by atoms with van der Waals surface area (Å²) in [5.74, 6) is 0.833. The molecule has 1 heterocycles. The first-order valence-corrected chi connectivity index (χ1v) is 6.01. The Bertz CT molecular complexity index is 477.